The fourth-order valence-electron chi connectivity index (χ4n) is 4.07. The molecule has 254 valence electrons. The van der Waals surface area contributed by atoms with Gasteiger partial charge in [-0.25, -0.2) is 0 Å². The molecule has 6 rings (SSSR count). The van der Waals surface area contributed by atoms with Gasteiger partial charge in [-0.3, -0.25) is 29.9 Å². The van der Waals surface area contributed by atoms with E-state index in [1.165, 1.54) is 0 Å². The van der Waals surface area contributed by atoms with E-state index in [1.54, 1.807) is 116 Å². The summed E-state index contributed by atoms with van der Waals surface area (Å²) in [6.07, 6.45) is 10.1. The Bertz CT molecular complexity index is 1540. The molecule has 0 aliphatic carbocycles. The smallest absolute Gasteiger partial charge is 0.122 e. The molecule has 0 atom stereocenters. The van der Waals surface area contributed by atoms with Crippen LogP contribution in [0, 0.1) is 0 Å². The molecule has 13 heteroatoms. The molecule has 6 aromatic rings. The number of nitrogens with zero attached hydrogens (tertiary/aromatic N) is 6. The zero-order valence-electron chi connectivity index (χ0n) is 27.9. The van der Waals surface area contributed by atoms with E-state index in [4.69, 9.17) is 28.4 Å². The van der Waals surface area contributed by atoms with Crippen LogP contribution in [-0.2, 0) is 19.8 Å². The number of methoxy groups -OCH3 is 6. The van der Waals surface area contributed by atoms with Crippen LogP contribution >= 0.6 is 0 Å². The van der Waals surface area contributed by atoms with E-state index in [1.807, 2.05) is 36.4 Å². The molecule has 0 saturated heterocycles. The van der Waals surface area contributed by atoms with Crippen LogP contribution in [-0.4, -0.2) is 72.6 Å². The summed E-state index contributed by atoms with van der Waals surface area (Å²) in [5, 5.41) is 0. The summed E-state index contributed by atoms with van der Waals surface area (Å²) >= 11 is 0. The van der Waals surface area contributed by atoms with Gasteiger partial charge in [0, 0.05) is 93.4 Å². The van der Waals surface area contributed by atoms with Gasteiger partial charge in [0.05, 0.1) is 76.8 Å². The minimum Gasteiger partial charge on any atom is -0.497 e. The van der Waals surface area contributed by atoms with Gasteiger partial charge in [-0.1, -0.05) is 0 Å². The fourth-order valence-corrected chi connectivity index (χ4v) is 4.07. The van der Waals surface area contributed by atoms with Gasteiger partial charge in [-0.2, -0.15) is 0 Å². The maximum Gasteiger partial charge on any atom is 0.122 e. The molecular weight excluding hydrogens is 803 g/mol. The van der Waals surface area contributed by atoms with Crippen LogP contribution in [0.5, 0.6) is 34.5 Å². The Morgan fingerprint density at radius 2 is 0.429 bits per heavy atom. The molecule has 0 aromatic carbocycles. The average molecular weight is 839 g/mol. The first kappa shape index (κ1) is 37.8. The first-order valence-electron chi connectivity index (χ1n) is 14.5. The van der Waals surface area contributed by atoms with Crippen molar-refractivity contribution >= 4 is 0 Å². The Morgan fingerprint density at radius 1 is 0.286 bits per heavy atom. The maximum atomic E-state index is 5.13. The molecular formula is C36H36N6O6Os. The summed E-state index contributed by atoms with van der Waals surface area (Å²) in [6.45, 7) is 0. The SMILES string of the molecule is COc1ccnc(-c2cc(OC)ccn2)c1.COc1ccnc(-c2cc(OC)ccn2)c1.COc1ccnc(-c2cc(OC)ccn2)c1.[Os]. The summed E-state index contributed by atoms with van der Waals surface area (Å²) in [5.41, 5.74) is 4.57. The molecule has 0 saturated carbocycles. The number of pyridine rings is 6. The van der Waals surface area contributed by atoms with E-state index in [2.05, 4.69) is 29.9 Å². The van der Waals surface area contributed by atoms with Gasteiger partial charge in [0.15, 0.2) is 0 Å². The van der Waals surface area contributed by atoms with Gasteiger partial charge in [-0.15, -0.1) is 0 Å². The van der Waals surface area contributed by atoms with Crippen LogP contribution in [0.15, 0.2) is 110 Å². The normalized spacial score (nSPS) is 9.67. The number of ether oxygens (including phenoxy) is 6. The molecule has 0 aliphatic rings. The Balaban J connectivity index is 0.000000197. The molecule has 0 aliphatic heterocycles. The van der Waals surface area contributed by atoms with Crippen molar-refractivity contribution in [1.29, 1.82) is 0 Å². The van der Waals surface area contributed by atoms with Gasteiger partial charge in [0.2, 0.25) is 0 Å². The molecule has 6 heterocycles. The van der Waals surface area contributed by atoms with E-state index in [9.17, 15) is 0 Å². The molecule has 0 fully saturated rings. The van der Waals surface area contributed by atoms with Crippen molar-refractivity contribution in [2.24, 2.45) is 0 Å². The Kier molecular flexibility index (Phi) is 15.3. The molecule has 0 unspecified atom stereocenters. The first-order valence-corrected chi connectivity index (χ1v) is 14.5. The predicted octanol–water partition coefficient (Wildman–Crippen LogP) is 6.48. The van der Waals surface area contributed by atoms with Crippen LogP contribution in [0.1, 0.15) is 0 Å². The van der Waals surface area contributed by atoms with Gasteiger partial charge in [0.25, 0.3) is 0 Å². The van der Waals surface area contributed by atoms with E-state index < -0.39 is 0 Å². The third kappa shape index (κ3) is 11.2. The van der Waals surface area contributed by atoms with E-state index in [0.717, 1.165) is 68.7 Å². The second-order valence-electron chi connectivity index (χ2n) is 9.49. The Morgan fingerprint density at radius 3 is 0.551 bits per heavy atom. The maximum absolute atomic E-state index is 5.13. The van der Waals surface area contributed by atoms with Crippen molar-refractivity contribution in [3.63, 3.8) is 0 Å². The molecule has 0 radical (unpaired) electrons. The number of rotatable bonds is 9. The molecule has 0 spiro atoms. The predicted molar refractivity (Wildman–Crippen MR) is 182 cm³/mol. The quantitative estimate of drug-likeness (QED) is 0.158. The van der Waals surface area contributed by atoms with Gasteiger partial charge in [-0.05, 0) is 36.4 Å². The van der Waals surface area contributed by atoms with Gasteiger partial charge >= 0.3 is 0 Å². The summed E-state index contributed by atoms with van der Waals surface area (Å²) in [7, 11) is 9.74. The van der Waals surface area contributed by atoms with Crippen molar-refractivity contribution in [1.82, 2.24) is 29.9 Å². The minimum absolute atomic E-state index is 0. The van der Waals surface area contributed by atoms with Gasteiger partial charge < -0.3 is 28.4 Å². The van der Waals surface area contributed by atoms with Crippen LogP contribution in [0.25, 0.3) is 34.2 Å². The van der Waals surface area contributed by atoms with Crippen molar-refractivity contribution in [2.75, 3.05) is 42.7 Å². The third-order valence-corrected chi connectivity index (χ3v) is 6.59. The minimum atomic E-state index is 0. The van der Waals surface area contributed by atoms with E-state index in [0.29, 0.717) is 0 Å². The number of hydrogen-bond donors (Lipinski definition) is 0. The van der Waals surface area contributed by atoms with Crippen LogP contribution in [0.4, 0.5) is 0 Å². The number of aromatic nitrogens is 6. The van der Waals surface area contributed by atoms with Crippen molar-refractivity contribution < 1.29 is 48.2 Å². The summed E-state index contributed by atoms with van der Waals surface area (Å²) in [5.74, 6) is 4.55. The molecule has 6 aromatic heterocycles. The zero-order chi connectivity index (χ0) is 34.1. The Labute approximate surface area is 298 Å². The third-order valence-electron chi connectivity index (χ3n) is 6.59. The van der Waals surface area contributed by atoms with Gasteiger partial charge in [0.1, 0.15) is 34.5 Å². The molecule has 0 bridgehead atoms. The second kappa shape index (κ2) is 19.9. The number of hydrogen-bond acceptors (Lipinski definition) is 12. The van der Waals surface area contributed by atoms with Crippen LogP contribution in [0.2, 0.25) is 0 Å². The van der Waals surface area contributed by atoms with Crippen molar-refractivity contribution in [2.45, 2.75) is 0 Å². The van der Waals surface area contributed by atoms with Crippen LogP contribution < -0.4 is 28.4 Å². The van der Waals surface area contributed by atoms with Crippen LogP contribution in [0.3, 0.4) is 0 Å². The van der Waals surface area contributed by atoms with E-state index >= 15 is 0 Å². The molecule has 49 heavy (non-hydrogen) atoms. The van der Waals surface area contributed by atoms with Crippen molar-refractivity contribution in [3.05, 3.63) is 110 Å². The summed E-state index contributed by atoms with van der Waals surface area (Å²) in [4.78, 5) is 25.4. The van der Waals surface area contributed by atoms with E-state index in [-0.39, 0.29) is 19.8 Å². The second-order valence-corrected chi connectivity index (χ2v) is 9.49. The summed E-state index contributed by atoms with van der Waals surface area (Å²) in [6, 6.07) is 21.8. The standard InChI is InChI=1S/3C12H12N2O2.Os/c3*1-15-9-3-5-13-11(7-9)12-8-10(16-2)4-6-14-12;/h3*3-8H,1-2H3;. The fraction of sp³-hybridized carbons (Fsp3) is 0.167. The molecule has 0 amide bonds. The summed E-state index contributed by atoms with van der Waals surface area (Å²) < 4.78 is 30.8. The monoisotopic (exact) mass is 840 g/mol. The zero-order valence-corrected chi connectivity index (χ0v) is 30.4. The molecule has 0 N–H and O–H groups in total. The average Bonchev–Trinajstić information content (AvgIpc) is 3.18. The Hall–Kier alpha value is -5.66. The topological polar surface area (TPSA) is 133 Å². The molecule has 12 nitrogen and oxygen atoms in total. The first-order chi connectivity index (χ1) is 23.5. The van der Waals surface area contributed by atoms with Crippen molar-refractivity contribution in [3.8, 4) is 68.7 Å². The largest absolute Gasteiger partial charge is 0.497 e.